The van der Waals surface area contributed by atoms with Crippen LogP contribution in [0.25, 0.3) is 0 Å². The van der Waals surface area contributed by atoms with E-state index in [9.17, 15) is 4.79 Å². The predicted octanol–water partition coefficient (Wildman–Crippen LogP) is 4.68. The van der Waals surface area contributed by atoms with Crippen LogP contribution in [0.3, 0.4) is 0 Å². The Labute approximate surface area is 210 Å². The van der Waals surface area contributed by atoms with E-state index < -0.39 is 5.92 Å². The Kier molecular flexibility index (Phi) is 6.05. The second kappa shape index (κ2) is 9.79. The van der Waals surface area contributed by atoms with Crippen molar-refractivity contribution in [3.8, 4) is 11.5 Å². The van der Waals surface area contributed by atoms with Crippen LogP contribution in [-0.4, -0.2) is 47.0 Å². The summed E-state index contributed by atoms with van der Waals surface area (Å²) in [5, 5.41) is 3.03. The lowest BCUT2D eigenvalue weighted by atomic mass is 9.87. The van der Waals surface area contributed by atoms with Crippen LogP contribution in [0.15, 0.2) is 91.3 Å². The van der Waals surface area contributed by atoms with Crippen molar-refractivity contribution in [1.29, 1.82) is 0 Å². The van der Waals surface area contributed by atoms with E-state index in [0.717, 1.165) is 49.7 Å². The third-order valence-corrected chi connectivity index (χ3v) is 6.79. The Morgan fingerprint density at radius 2 is 1.47 bits per heavy atom. The molecular weight excluding hydrogens is 450 g/mol. The molecule has 1 fully saturated rings. The van der Waals surface area contributed by atoms with Gasteiger partial charge in [0.1, 0.15) is 29.5 Å². The predicted molar refractivity (Wildman–Crippen MR) is 139 cm³/mol. The summed E-state index contributed by atoms with van der Waals surface area (Å²) in [5.41, 5.74) is 3.02. The number of carbonyl (C=O) groups excluding carboxylic acids is 1. The largest absolute Gasteiger partial charge is 0.457 e. The Bertz CT molecular complexity index is 1320. The molecule has 1 saturated heterocycles. The fourth-order valence-electron chi connectivity index (χ4n) is 4.96. The van der Waals surface area contributed by atoms with E-state index >= 15 is 0 Å². The quantitative estimate of drug-likeness (QED) is 0.450. The van der Waals surface area contributed by atoms with Crippen LogP contribution in [0.4, 0.5) is 11.6 Å². The van der Waals surface area contributed by atoms with Crippen LogP contribution in [0, 0.1) is 0 Å². The van der Waals surface area contributed by atoms with Gasteiger partial charge in [-0.15, -0.1) is 0 Å². The minimum atomic E-state index is -0.480. The number of anilines is 2. The monoisotopic (exact) mass is 477 g/mol. The van der Waals surface area contributed by atoms with Crippen molar-refractivity contribution < 1.29 is 9.53 Å². The summed E-state index contributed by atoms with van der Waals surface area (Å²) in [7, 11) is 0. The lowest BCUT2D eigenvalue weighted by molar-refractivity contribution is -0.116. The number of nitrogens with one attached hydrogen (secondary N) is 1. The van der Waals surface area contributed by atoms with Gasteiger partial charge in [0.15, 0.2) is 0 Å². The Morgan fingerprint density at radius 1 is 0.833 bits per heavy atom. The van der Waals surface area contributed by atoms with Crippen molar-refractivity contribution in [3.05, 3.63) is 108 Å². The average molecular weight is 478 g/mol. The molecule has 0 radical (unpaired) electrons. The Balaban J connectivity index is 1.16. The number of piperazine rings is 1. The lowest BCUT2D eigenvalue weighted by Crippen LogP contribution is -2.46. The molecule has 0 aliphatic carbocycles. The molecule has 0 atom stereocenters. The molecule has 0 unspecified atom stereocenters. The number of benzene rings is 3. The molecule has 2 aliphatic heterocycles. The number of fused-ring (bicyclic) bond motifs is 2. The summed E-state index contributed by atoms with van der Waals surface area (Å²) in [6, 6.07) is 27.8. The maximum absolute atomic E-state index is 13.5. The molecule has 36 heavy (non-hydrogen) atoms. The topological polar surface area (TPSA) is 70.6 Å². The SMILES string of the molecule is O=C(Nc1cc(N2CCN(Cc3ccccc3)CC2)ncn1)C1c2ccccc2Oc2ccccc21. The number of rotatable bonds is 5. The molecule has 7 heteroatoms. The first-order valence-electron chi connectivity index (χ1n) is 12.2. The second-order valence-electron chi connectivity index (χ2n) is 9.11. The van der Waals surface area contributed by atoms with Crippen LogP contribution in [0.5, 0.6) is 11.5 Å². The fourth-order valence-corrected chi connectivity index (χ4v) is 4.96. The van der Waals surface area contributed by atoms with E-state index in [1.54, 1.807) is 0 Å². The highest BCUT2D eigenvalue weighted by Crippen LogP contribution is 2.44. The zero-order chi connectivity index (χ0) is 24.3. The molecule has 180 valence electrons. The van der Waals surface area contributed by atoms with Gasteiger partial charge in [0, 0.05) is 49.9 Å². The zero-order valence-corrected chi connectivity index (χ0v) is 19.9. The van der Waals surface area contributed by atoms with Gasteiger partial charge in [0.05, 0.1) is 5.92 Å². The van der Waals surface area contributed by atoms with Crippen LogP contribution in [0.1, 0.15) is 22.6 Å². The number of amides is 1. The molecule has 2 aliphatic rings. The summed E-state index contributed by atoms with van der Waals surface area (Å²) in [4.78, 5) is 27.1. The van der Waals surface area contributed by atoms with Gasteiger partial charge in [-0.25, -0.2) is 9.97 Å². The van der Waals surface area contributed by atoms with Gasteiger partial charge in [-0.3, -0.25) is 9.69 Å². The van der Waals surface area contributed by atoms with Gasteiger partial charge in [0.2, 0.25) is 5.91 Å². The zero-order valence-electron chi connectivity index (χ0n) is 19.9. The summed E-state index contributed by atoms with van der Waals surface area (Å²) in [5.74, 6) is 2.11. The summed E-state index contributed by atoms with van der Waals surface area (Å²) < 4.78 is 6.04. The number of aromatic nitrogens is 2. The third-order valence-electron chi connectivity index (χ3n) is 6.79. The van der Waals surface area contributed by atoms with Crippen molar-refractivity contribution >= 4 is 17.5 Å². The minimum Gasteiger partial charge on any atom is -0.457 e. The fraction of sp³-hybridized carbons (Fsp3) is 0.207. The number of ether oxygens (including phenoxy) is 1. The van der Waals surface area contributed by atoms with Gasteiger partial charge in [-0.05, 0) is 17.7 Å². The summed E-state index contributed by atoms with van der Waals surface area (Å²) in [6.07, 6.45) is 1.52. The number of hydrogen-bond donors (Lipinski definition) is 1. The molecule has 0 saturated carbocycles. The first-order chi connectivity index (χ1) is 17.7. The van der Waals surface area contributed by atoms with Crippen LogP contribution in [0.2, 0.25) is 0 Å². The molecule has 0 bridgehead atoms. The normalized spacial score (nSPS) is 15.5. The van der Waals surface area contributed by atoms with Crippen molar-refractivity contribution in [2.75, 3.05) is 36.4 Å². The highest BCUT2D eigenvalue weighted by atomic mass is 16.5. The molecule has 6 rings (SSSR count). The summed E-state index contributed by atoms with van der Waals surface area (Å²) >= 11 is 0. The molecule has 0 spiro atoms. The standard InChI is InChI=1S/C29H27N5O2/c35-29(28-22-10-4-6-12-24(22)36-25-13-7-5-11-23(25)28)32-26-18-27(31-20-30-26)34-16-14-33(15-17-34)19-21-8-2-1-3-9-21/h1-13,18,20,28H,14-17,19H2,(H,30,31,32,35). The first-order valence-corrected chi connectivity index (χ1v) is 12.2. The highest BCUT2D eigenvalue weighted by molar-refractivity contribution is 5.99. The maximum atomic E-state index is 13.5. The van der Waals surface area contributed by atoms with Crippen LogP contribution >= 0.6 is 0 Å². The van der Waals surface area contributed by atoms with E-state index in [1.165, 1.54) is 11.9 Å². The molecular formula is C29H27N5O2. The number of para-hydroxylation sites is 2. The highest BCUT2D eigenvalue weighted by Gasteiger charge is 2.32. The lowest BCUT2D eigenvalue weighted by Gasteiger charge is -2.35. The number of nitrogens with zero attached hydrogens (tertiary/aromatic N) is 4. The average Bonchev–Trinajstić information content (AvgIpc) is 2.93. The molecule has 3 heterocycles. The van der Waals surface area contributed by atoms with Gasteiger partial charge < -0.3 is 15.0 Å². The Hall–Kier alpha value is -4.23. The van der Waals surface area contributed by atoms with Gasteiger partial charge in [-0.2, -0.15) is 0 Å². The summed E-state index contributed by atoms with van der Waals surface area (Å²) in [6.45, 7) is 4.61. The van der Waals surface area contributed by atoms with E-state index in [2.05, 4.69) is 49.4 Å². The van der Waals surface area contributed by atoms with Crippen LogP contribution in [-0.2, 0) is 11.3 Å². The second-order valence-corrected chi connectivity index (χ2v) is 9.11. The minimum absolute atomic E-state index is 0.143. The maximum Gasteiger partial charge on any atom is 0.237 e. The smallest absolute Gasteiger partial charge is 0.237 e. The molecule has 3 aromatic carbocycles. The van der Waals surface area contributed by atoms with Gasteiger partial charge in [-0.1, -0.05) is 66.7 Å². The molecule has 7 nitrogen and oxygen atoms in total. The molecule has 1 amide bonds. The van der Waals surface area contributed by atoms with Crippen molar-refractivity contribution in [2.24, 2.45) is 0 Å². The van der Waals surface area contributed by atoms with Crippen LogP contribution < -0.4 is 15.0 Å². The van der Waals surface area contributed by atoms with Crippen molar-refractivity contribution in [1.82, 2.24) is 14.9 Å². The molecule has 1 aromatic heterocycles. The van der Waals surface area contributed by atoms with E-state index in [1.807, 2.05) is 60.7 Å². The van der Waals surface area contributed by atoms with E-state index in [0.29, 0.717) is 17.3 Å². The van der Waals surface area contributed by atoms with E-state index in [4.69, 9.17) is 4.74 Å². The van der Waals surface area contributed by atoms with Gasteiger partial charge >= 0.3 is 0 Å². The van der Waals surface area contributed by atoms with E-state index in [-0.39, 0.29) is 5.91 Å². The number of hydrogen-bond acceptors (Lipinski definition) is 6. The molecule has 4 aromatic rings. The first kappa shape index (κ1) is 22.2. The van der Waals surface area contributed by atoms with Gasteiger partial charge in [0.25, 0.3) is 0 Å². The number of carbonyl (C=O) groups is 1. The molecule has 1 N–H and O–H groups in total. The van der Waals surface area contributed by atoms with Crippen molar-refractivity contribution in [2.45, 2.75) is 12.5 Å². The Morgan fingerprint density at radius 3 is 2.17 bits per heavy atom. The third kappa shape index (κ3) is 4.53. The van der Waals surface area contributed by atoms with Crippen molar-refractivity contribution in [3.63, 3.8) is 0 Å².